The standard InChI is InChI=1S/C12H14N2OS/c1-8-7-16-12(13-8)14-6-5-9-10(14)3-2-4-11(9)15/h5-7,11,15H,2-4H2,1H3. The molecule has 2 heterocycles. The van der Waals surface area contributed by atoms with Crippen molar-refractivity contribution in [1.29, 1.82) is 0 Å². The van der Waals surface area contributed by atoms with E-state index in [1.165, 1.54) is 5.69 Å². The van der Waals surface area contributed by atoms with Gasteiger partial charge < -0.3 is 5.11 Å². The van der Waals surface area contributed by atoms with Crippen molar-refractivity contribution in [3.63, 3.8) is 0 Å². The zero-order chi connectivity index (χ0) is 11.1. The van der Waals surface area contributed by atoms with E-state index in [1.54, 1.807) is 11.3 Å². The Morgan fingerprint density at radius 1 is 1.56 bits per heavy atom. The number of fused-ring (bicyclic) bond motifs is 1. The van der Waals surface area contributed by atoms with Crippen LogP contribution in [0.4, 0.5) is 0 Å². The Bertz CT molecular complexity index is 515. The fourth-order valence-corrected chi connectivity index (χ4v) is 3.11. The molecule has 0 fully saturated rings. The maximum absolute atomic E-state index is 9.90. The van der Waals surface area contributed by atoms with Crippen LogP contribution in [-0.4, -0.2) is 14.7 Å². The van der Waals surface area contributed by atoms with Gasteiger partial charge in [0.25, 0.3) is 0 Å². The molecule has 1 atom stereocenters. The average Bonchev–Trinajstić information content (AvgIpc) is 2.84. The van der Waals surface area contributed by atoms with Crippen LogP contribution in [0.1, 0.15) is 35.9 Å². The lowest BCUT2D eigenvalue weighted by molar-refractivity contribution is 0.156. The van der Waals surface area contributed by atoms with Gasteiger partial charge in [0.1, 0.15) is 0 Å². The molecular weight excluding hydrogens is 220 g/mol. The summed E-state index contributed by atoms with van der Waals surface area (Å²) in [6, 6.07) is 2.02. The quantitative estimate of drug-likeness (QED) is 0.823. The van der Waals surface area contributed by atoms with Crippen molar-refractivity contribution in [2.75, 3.05) is 0 Å². The second kappa shape index (κ2) is 3.71. The molecule has 1 aliphatic carbocycles. The van der Waals surface area contributed by atoms with E-state index in [9.17, 15) is 5.11 Å². The van der Waals surface area contributed by atoms with Gasteiger partial charge in [0, 0.05) is 22.8 Å². The Morgan fingerprint density at radius 2 is 2.44 bits per heavy atom. The smallest absolute Gasteiger partial charge is 0.193 e. The Labute approximate surface area is 98.4 Å². The van der Waals surface area contributed by atoms with Gasteiger partial charge in [0.2, 0.25) is 0 Å². The second-order valence-corrected chi connectivity index (χ2v) is 5.10. The summed E-state index contributed by atoms with van der Waals surface area (Å²) in [6.45, 7) is 2.00. The molecule has 0 spiro atoms. The molecule has 84 valence electrons. The Morgan fingerprint density at radius 3 is 3.19 bits per heavy atom. The predicted molar refractivity (Wildman–Crippen MR) is 64.1 cm³/mol. The maximum atomic E-state index is 9.90. The van der Waals surface area contributed by atoms with E-state index < -0.39 is 0 Å². The molecule has 4 heteroatoms. The second-order valence-electron chi connectivity index (χ2n) is 4.27. The number of aryl methyl sites for hydroxylation is 1. The molecule has 1 aliphatic rings. The fraction of sp³-hybridized carbons (Fsp3) is 0.417. The fourth-order valence-electron chi connectivity index (χ4n) is 2.30. The van der Waals surface area contributed by atoms with E-state index in [4.69, 9.17) is 0 Å². The number of thiazole rings is 1. The van der Waals surface area contributed by atoms with E-state index in [1.807, 2.05) is 19.2 Å². The first kappa shape index (κ1) is 10.1. The van der Waals surface area contributed by atoms with Crippen LogP contribution in [0.5, 0.6) is 0 Å². The molecule has 0 aliphatic heterocycles. The molecule has 2 aromatic rings. The maximum Gasteiger partial charge on any atom is 0.193 e. The van der Waals surface area contributed by atoms with Gasteiger partial charge in [0.15, 0.2) is 5.13 Å². The normalized spacial score (nSPS) is 19.8. The van der Waals surface area contributed by atoms with Crippen molar-refractivity contribution < 1.29 is 5.11 Å². The molecule has 1 unspecified atom stereocenters. The number of aliphatic hydroxyl groups is 1. The van der Waals surface area contributed by atoms with Crippen LogP contribution in [-0.2, 0) is 6.42 Å². The third-order valence-corrected chi connectivity index (χ3v) is 4.05. The summed E-state index contributed by atoms with van der Waals surface area (Å²) in [5.74, 6) is 0. The van der Waals surface area contributed by atoms with E-state index in [-0.39, 0.29) is 6.10 Å². The lowest BCUT2D eigenvalue weighted by Crippen LogP contribution is -2.10. The summed E-state index contributed by atoms with van der Waals surface area (Å²) < 4.78 is 2.12. The largest absolute Gasteiger partial charge is 0.388 e. The molecule has 0 saturated carbocycles. The van der Waals surface area contributed by atoms with Crippen LogP contribution >= 0.6 is 11.3 Å². The molecule has 3 rings (SSSR count). The Hall–Kier alpha value is -1.13. The highest BCUT2D eigenvalue weighted by Gasteiger charge is 2.22. The lowest BCUT2D eigenvalue weighted by Gasteiger charge is -2.19. The molecule has 2 aromatic heterocycles. The highest BCUT2D eigenvalue weighted by molar-refractivity contribution is 7.12. The Kier molecular flexibility index (Phi) is 2.33. The summed E-state index contributed by atoms with van der Waals surface area (Å²) >= 11 is 1.65. The highest BCUT2D eigenvalue weighted by Crippen LogP contribution is 2.32. The topological polar surface area (TPSA) is 38.0 Å². The van der Waals surface area contributed by atoms with Crippen LogP contribution in [0, 0.1) is 6.92 Å². The molecule has 0 bridgehead atoms. The molecular formula is C12H14N2OS. The van der Waals surface area contributed by atoms with Crippen molar-refractivity contribution in [3.8, 4) is 5.13 Å². The summed E-state index contributed by atoms with van der Waals surface area (Å²) in [7, 11) is 0. The van der Waals surface area contributed by atoms with Crippen molar-refractivity contribution in [3.05, 3.63) is 34.6 Å². The number of aliphatic hydroxyl groups excluding tert-OH is 1. The minimum Gasteiger partial charge on any atom is -0.388 e. The van der Waals surface area contributed by atoms with Crippen LogP contribution in [0.15, 0.2) is 17.6 Å². The third kappa shape index (κ3) is 1.49. The molecule has 1 N–H and O–H groups in total. The van der Waals surface area contributed by atoms with Crippen molar-refractivity contribution in [2.45, 2.75) is 32.3 Å². The predicted octanol–water partition coefficient (Wildman–Crippen LogP) is 2.61. The highest BCUT2D eigenvalue weighted by atomic mass is 32.1. The van der Waals surface area contributed by atoms with Gasteiger partial charge in [-0.15, -0.1) is 11.3 Å². The summed E-state index contributed by atoms with van der Waals surface area (Å²) in [6.07, 6.45) is 4.72. The molecule has 0 saturated heterocycles. The summed E-state index contributed by atoms with van der Waals surface area (Å²) in [4.78, 5) is 4.49. The molecule has 0 amide bonds. The molecule has 0 aromatic carbocycles. The summed E-state index contributed by atoms with van der Waals surface area (Å²) in [5, 5.41) is 13.0. The van der Waals surface area contributed by atoms with Gasteiger partial charge in [-0.2, -0.15) is 0 Å². The molecule has 16 heavy (non-hydrogen) atoms. The van der Waals surface area contributed by atoms with Gasteiger partial charge in [-0.05, 0) is 32.3 Å². The Balaban J connectivity index is 2.09. The number of nitrogens with zero attached hydrogens (tertiary/aromatic N) is 2. The van der Waals surface area contributed by atoms with Crippen molar-refractivity contribution >= 4 is 11.3 Å². The minimum atomic E-state index is -0.286. The minimum absolute atomic E-state index is 0.286. The summed E-state index contributed by atoms with van der Waals surface area (Å²) in [5.41, 5.74) is 3.37. The van der Waals surface area contributed by atoms with Crippen molar-refractivity contribution in [2.24, 2.45) is 0 Å². The van der Waals surface area contributed by atoms with Gasteiger partial charge in [0.05, 0.1) is 11.8 Å². The van der Waals surface area contributed by atoms with E-state index in [0.717, 1.165) is 35.7 Å². The zero-order valence-electron chi connectivity index (χ0n) is 9.18. The van der Waals surface area contributed by atoms with E-state index in [2.05, 4.69) is 14.9 Å². The first-order valence-corrected chi connectivity index (χ1v) is 6.44. The SMILES string of the molecule is Cc1csc(-n2ccc3c2CCCC3O)n1. The molecule has 3 nitrogen and oxygen atoms in total. The monoisotopic (exact) mass is 234 g/mol. The van der Waals surface area contributed by atoms with Crippen LogP contribution < -0.4 is 0 Å². The first-order valence-electron chi connectivity index (χ1n) is 5.56. The average molecular weight is 234 g/mol. The number of aromatic nitrogens is 2. The number of hydrogen-bond donors (Lipinski definition) is 1. The van der Waals surface area contributed by atoms with Crippen LogP contribution in [0.2, 0.25) is 0 Å². The first-order chi connectivity index (χ1) is 7.75. The van der Waals surface area contributed by atoms with Gasteiger partial charge >= 0.3 is 0 Å². The zero-order valence-corrected chi connectivity index (χ0v) is 10.00. The van der Waals surface area contributed by atoms with E-state index >= 15 is 0 Å². The van der Waals surface area contributed by atoms with E-state index in [0.29, 0.717) is 0 Å². The lowest BCUT2D eigenvalue weighted by atomic mass is 9.95. The number of rotatable bonds is 1. The van der Waals surface area contributed by atoms with Gasteiger partial charge in [-0.3, -0.25) is 4.57 Å². The molecule has 0 radical (unpaired) electrons. The van der Waals surface area contributed by atoms with Crippen LogP contribution in [0.25, 0.3) is 5.13 Å². The van der Waals surface area contributed by atoms with Crippen LogP contribution in [0.3, 0.4) is 0 Å². The third-order valence-electron chi connectivity index (χ3n) is 3.09. The van der Waals surface area contributed by atoms with Gasteiger partial charge in [-0.1, -0.05) is 0 Å². The van der Waals surface area contributed by atoms with Crippen molar-refractivity contribution in [1.82, 2.24) is 9.55 Å². The van der Waals surface area contributed by atoms with Gasteiger partial charge in [-0.25, -0.2) is 4.98 Å². The number of hydrogen-bond acceptors (Lipinski definition) is 3.